The number of rotatable bonds is 2. The lowest BCUT2D eigenvalue weighted by Gasteiger charge is -2.36. The molecule has 2 saturated heterocycles. The van der Waals surface area contributed by atoms with Crippen LogP contribution in [0.15, 0.2) is 0 Å². The van der Waals surface area contributed by atoms with Gasteiger partial charge < -0.3 is 9.47 Å². The highest BCUT2D eigenvalue weighted by molar-refractivity contribution is 7.86. The molecule has 88 valence electrons. The van der Waals surface area contributed by atoms with Crippen LogP contribution in [0.5, 0.6) is 0 Å². The Morgan fingerprint density at radius 1 is 1.20 bits per heavy atom. The molecular weight excluding hydrogens is 223 g/mol. The highest BCUT2D eigenvalue weighted by Gasteiger charge is 2.46. The molecule has 2 fully saturated rings. The Kier molecular flexibility index (Phi) is 3.00. The summed E-state index contributed by atoms with van der Waals surface area (Å²) >= 11 is 0. The zero-order valence-electron chi connectivity index (χ0n) is 8.45. The third-order valence-corrected chi connectivity index (χ3v) is 4.14. The predicted octanol–water partition coefficient (Wildman–Crippen LogP) is 0.871. The van der Waals surface area contributed by atoms with E-state index < -0.39 is 22.1 Å². The molecule has 2 rings (SSSR count). The fourth-order valence-corrected chi connectivity index (χ4v) is 3.31. The van der Waals surface area contributed by atoms with Gasteiger partial charge in [-0.1, -0.05) is 0 Å². The van der Waals surface area contributed by atoms with Crippen molar-refractivity contribution >= 4 is 10.2 Å². The molecule has 0 aromatic rings. The third-order valence-electron chi connectivity index (χ3n) is 3.44. The fraction of sp³-hybridized carbons (Fsp3) is 1.00. The molecule has 0 N–H and O–H groups in total. The minimum absolute atomic E-state index is 0.169. The standard InChI is InChI=1S/C9H15FO4S/c10-15(11,12)7-8-9(3-6-14-8)1-4-13-5-2-9/h8H,1-7H2. The zero-order valence-corrected chi connectivity index (χ0v) is 9.26. The van der Waals surface area contributed by atoms with Gasteiger partial charge in [0.05, 0.1) is 6.10 Å². The van der Waals surface area contributed by atoms with E-state index >= 15 is 0 Å². The zero-order chi connectivity index (χ0) is 10.9. The van der Waals surface area contributed by atoms with Gasteiger partial charge in [0, 0.05) is 25.2 Å². The molecule has 2 aliphatic heterocycles. The Morgan fingerprint density at radius 2 is 1.80 bits per heavy atom. The summed E-state index contributed by atoms with van der Waals surface area (Å²) in [4.78, 5) is 0. The van der Waals surface area contributed by atoms with Crippen molar-refractivity contribution in [1.82, 2.24) is 0 Å². The van der Waals surface area contributed by atoms with Gasteiger partial charge in [0.15, 0.2) is 0 Å². The first kappa shape index (κ1) is 11.3. The topological polar surface area (TPSA) is 52.6 Å². The van der Waals surface area contributed by atoms with E-state index in [1.165, 1.54) is 0 Å². The maximum absolute atomic E-state index is 12.6. The molecule has 1 atom stereocenters. The van der Waals surface area contributed by atoms with E-state index in [4.69, 9.17) is 9.47 Å². The Labute approximate surface area is 89.0 Å². The maximum Gasteiger partial charge on any atom is 0.304 e. The molecule has 15 heavy (non-hydrogen) atoms. The lowest BCUT2D eigenvalue weighted by molar-refractivity contribution is -0.0239. The monoisotopic (exact) mass is 238 g/mol. The number of halogens is 1. The molecule has 2 aliphatic rings. The summed E-state index contributed by atoms with van der Waals surface area (Å²) in [6.07, 6.45) is 1.87. The van der Waals surface area contributed by atoms with Crippen LogP contribution < -0.4 is 0 Å². The fourth-order valence-electron chi connectivity index (χ4n) is 2.50. The van der Waals surface area contributed by atoms with E-state index in [2.05, 4.69) is 0 Å². The van der Waals surface area contributed by atoms with Crippen molar-refractivity contribution in [2.24, 2.45) is 5.41 Å². The van der Waals surface area contributed by atoms with Crippen LogP contribution in [0.2, 0.25) is 0 Å². The second-order valence-corrected chi connectivity index (χ2v) is 5.70. The van der Waals surface area contributed by atoms with E-state index in [-0.39, 0.29) is 5.41 Å². The van der Waals surface area contributed by atoms with E-state index in [1.807, 2.05) is 0 Å². The second kappa shape index (κ2) is 3.99. The summed E-state index contributed by atoms with van der Waals surface area (Å²) in [5.74, 6) is -0.507. The van der Waals surface area contributed by atoms with Crippen LogP contribution >= 0.6 is 0 Å². The van der Waals surface area contributed by atoms with Crippen molar-refractivity contribution in [2.45, 2.75) is 25.4 Å². The van der Waals surface area contributed by atoms with E-state index in [0.717, 1.165) is 19.3 Å². The van der Waals surface area contributed by atoms with Crippen molar-refractivity contribution in [1.29, 1.82) is 0 Å². The highest BCUT2D eigenvalue weighted by Crippen LogP contribution is 2.44. The molecule has 0 aromatic carbocycles. The first-order valence-electron chi connectivity index (χ1n) is 5.14. The minimum atomic E-state index is -4.45. The Bertz CT molecular complexity index is 321. The summed E-state index contributed by atoms with van der Waals surface area (Å²) in [5.41, 5.74) is -0.169. The first-order valence-corrected chi connectivity index (χ1v) is 6.69. The van der Waals surface area contributed by atoms with E-state index in [0.29, 0.717) is 19.8 Å². The molecule has 6 heteroatoms. The minimum Gasteiger partial charge on any atom is -0.381 e. The second-order valence-electron chi connectivity index (χ2n) is 4.29. The molecule has 1 unspecified atom stereocenters. The summed E-state index contributed by atoms with van der Waals surface area (Å²) in [6, 6.07) is 0. The molecule has 0 radical (unpaired) electrons. The normalized spacial score (nSPS) is 30.9. The molecule has 4 nitrogen and oxygen atoms in total. The predicted molar refractivity (Wildman–Crippen MR) is 51.7 cm³/mol. The van der Waals surface area contributed by atoms with Gasteiger partial charge in [-0.15, -0.1) is 3.89 Å². The molecule has 0 bridgehead atoms. The van der Waals surface area contributed by atoms with Crippen LogP contribution in [0.4, 0.5) is 3.89 Å². The van der Waals surface area contributed by atoms with Crippen molar-refractivity contribution in [3.05, 3.63) is 0 Å². The number of ether oxygens (including phenoxy) is 2. The highest BCUT2D eigenvalue weighted by atomic mass is 32.3. The number of hydrogen-bond donors (Lipinski definition) is 0. The Balaban J connectivity index is 2.10. The lowest BCUT2D eigenvalue weighted by Crippen LogP contribution is -2.40. The van der Waals surface area contributed by atoms with Gasteiger partial charge in [-0.2, -0.15) is 8.42 Å². The largest absolute Gasteiger partial charge is 0.381 e. The molecule has 0 aliphatic carbocycles. The smallest absolute Gasteiger partial charge is 0.304 e. The van der Waals surface area contributed by atoms with Crippen LogP contribution in [0.1, 0.15) is 19.3 Å². The third kappa shape index (κ3) is 2.49. The van der Waals surface area contributed by atoms with Crippen LogP contribution in [0.25, 0.3) is 0 Å². The van der Waals surface area contributed by atoms with Crippen LogP contribution in [0, 0.1) is 5.41 Å². The van der Waals surface area contributed by atoms with Crippen LogP contribution in [-0.4, -0.2) is 40.1 Å². The van der Waals surface area contributed by atoms with Crippen molar-refractivity contribution < 1.29 is 21.8 Å². The summed E-state index contributed by atoms with van der Waals surface area (Å²) in [6.45, 7) is 1.76. The lowest BCUT2D eigenvalue weighted by atomic mass is 9.75. The van der Waals surface area contributed by atoms with E-state index in [1.54, 1.807) is 0 Å². The SMILES string of the molecule is O=S(=O)(F)CC1OCCC12CCOCC2. The summed E-state index contributed by atoms with van der Waals surface area (Å²) in [5, 5.41) is 0. The first-order chi connectivity index (χ1) is 7.02. The van der Waals surface area contributed by atoms with E-state index in [9.17, 15) is 12.3 Å². The summed E-state index contributed by atoms with van der Waals surface area (Å²) < 4.78 is 44.5. The van der Waals surface area contributed by atoms with Gasteiger partial charge in [-0.05, 0) is 19.3 Å². The molecular formula is C9H15FO4S. The quantitative estimate of drug-likeness (QED) is 0.670. The van der Waals surface area contributed by atoms with Crippen LogP contribution in [0.3, 0.4) is 0 Å². The van der Waals surface area contributed by atoms with Gasteiger partial charge >= 0.3 is 10.2 Å². The molecule has 0 amide bonds. The molecule has 1 spiro atoms. The van der Waals surface area contributed by atoms with Gasteiger partial charge in [0.25, 0.3) is 0 Å². The molecule has 0 aromatic heterocycles. The van der Waals surface area contributed by atoms with Gasteiger partial charge in [0.2, 0.25) is 0 Å². The average Bonchev–Trinajstić information content (AvgIpc) is 2.48. The number of hydrogen-bond acceptors (Lipinski definition) is 4. The van der Waals surface area contributed by atoms with Gasteiger partial charge in [-0.3, -0.25) is 0 Å². The van der Waals surface area contributed by atoms with Crippen molar-refractivity contribution in [2.75, 3.05) is 25.6 Å². The molecule has 2 heterocycles. The average molecular weight is 238 g/mol. The Morgan fingerprint density at radius 3 is 2.40 bits per heavy atom. The van der Waals surface area contributed by atoms with Crippen LogP contribution in [-0.2, 0) is 19.7 Å². The molecule has 0 saturated carbocycles. The van der Waals surface area contributed by atoms with Crippen molar-refractivity contribution in [3.63, 3.8) is 0 Å². The van der Waals surface area contributed by atoms with Gasteiger partial charge in [-0.25, -0.2) is 0 Å². The Hall–Kier alpha value is -0.200. The summed E-state index contributed by atoms with van der Waals surface area (Å²) in [7, 11) is -4.45. The van der Waals surface area contributed by atoms with Crippen molar-refractivity contribution in [3.8, 4) is 0 Å². The van der Waals surface area contributed by atoms with Gasteiger partial charge in [0.1, 0.15) is 5.75 Å². The maximum atomic E-state index is 12.6.